The Morgan fingerprint density at radius 1 is 0.903 bits per heavy atom. The van der Waals surface area contributed by atoms with E-state index in [4.69, 9.17) is 0 Å². The van der Waals surface area contributed by atoms with Crippen LogP contribution in [0.15, 0.2) is 36.4 Å². The predicted octanol–water partition coefficient (Wildman–Crippen LogP) is 2.28. The van der Waals surface area contributed by atoms with Gasteiger partial charge in [0.25, 0.3) is 0 Å². The third-order valence-corrected chi connectivity index (χ3v) is 5.67. The zero-order valence-corrected chi connectivity index (χ0v) is 18.7. The third-order valence-electron chi connectivity index (χ3n) is 4.52. The van der Waals surface area contributed by atoms with E-state index < -0.39 is 34.4 Å². The van der Waals surface area contributed by atoms with Gasteiger partial charge < -0.3 is 14.8 Å². The highest BCUT2D eigenvalue weighted by atomic mass is 32.2. The van der Waals surface area contributed by atoms with E-state index in [1.165, 1.54) is 32.4 Å². The zero-order valence-electron chi connectivity index (χ0n) is 17.9. The summed E-state index contributed by atoms with van der Waals surface area (Å²) in [6.07, 6.45) is 1.00. The van der Waals surface area contributed by atoms with Crippen molar-refractivity contribution in [2.45, 2.75) is 13.8 Å². The summed E-state index contributed by atoms with van der Waals surface area (Å²) >= 11 is 0. The number of sulfonamides is 1. The SMILES string of the molecule is COC(=O)c1cc(NC(=O)CN(c2ccc(C)c(C)c2)S(C)(=O)=O)cc(C(=O)OC)c1. The summed E-state index contributed by atoms with van der Waals surface area (Å²) in [5.41, 5.74) is 2.36. The van der Waals surface area contributed by atoms with E-state index in [1.807, 2.05) is 13.8 Å². The lowest BCUT2D eigenvalue weighted by Crippen LogP contribution is -2.37. The number of carbonyl (C=O) groups is 3. The quantitative estimate of drug-likeness (QED) is 0.646. The fourth-order valence-corrected chi connectivity index (χ4v) is 3.63. The predicted molar refractivity (Wildman–Crippen MR) is 116 cm³/mol. The molecule has 0 saturated carbocycles. The molecule has 0 radical (unpaired) electrons. The molecule has 0 unspecified atom stereocenters. The van der Waals surface area contributed by atoms with E-state index in [2.05, 4.69) is 14.8 Å². The van der Waals surface area contributed by atoms with Gasteiger partial charge in [-0.15, -0.1) is 0 Å². The van der Waals surface area contributed by atoms with Crippen molar-refractivity contribution in [2.24, 2.45) is 0 Å². The number of aryl methyl sites for hydroxylation is 2. The second kappa shape index (κ2) is 9.61. The minimum atomic E-state index is -3.76. The second-order valence-corrected chi connectivity index (χ2v) is 8.78. The minimum Gasteiger partial charge on any atom is -0.465 e. The van der Waals surface area contributed by atoms with E-state index in [0.29, 0.717) is 5.69 Å². The highest BCUT2D eigenvalue weighted by Gasteiger charge is 2.22. The molecule has 2 rings (SSSR count). The van der Waals surface area contributed by atoms with Crippen LogP contribution < -0.4 is 9.62 Å². The van der Waals surface area contributed by atoms with Gasteiger partial charge in [0.05, 0.1) is 37.3 Å². The number of amides is 1. The van der Waals surface area contributed by atoms with Crippen LogP contribution in [0.25, 0.3) is 0 Å². The molecule has 1 amide bonds. The number of ether oxygens (including phenoxy) is 2. The van der Waals surface area contributed by atoms with E-state index in [0.717, 1.165) is 21.7 Å². The molecule has 0 aliphatic carbocycles. The molecule has 0 atom stereocenters. The van der Waals surface area contributed by atoms with Crippen LogP contribution in [0.2, 0.25) is 0 Å². The summed E-state index contributed by atoms with van der Waals surface area (Å²) < 4.78 is 34.9. The number of benzene rings is 2. The first-order chi connectivity index (χ1) is 14.5. The number of hydrogen-bond acceptors (Lipinski definition) is 7. The molecule has 31 heavy (non-hydrogen) atoms. The van der Waals surface area contributed by atoms with Crippen molar-refractivity contribution in [2.75, 3.05) is 36.6 Å². The maximum absolute atomic E-state index is 12.6. The largest absolute Gasteiger partial charge is 0.465 e. The topological polar surface area (TPSA) is 119 Å². The molecule has 0 fully saturated rings. The molecule has 0 spiro atoms. The van der Waals surface area contributed by atoms with Gasteiger partial charge in [0.2, 0.25) is 15.9 Å². The first-order valence-electron chi connectivity index (χ1n) is 9.12. The van der Waals surface area contributed by atoms with Gasteiger partial charge in [-0.05, 0) is 55.3 Å². The highest BCUT2D eigenvalue weighted by Crippen LogP contribution is 2.22. The molecule has 10 heteroatoms. The summed E-state index contributed by atoms with van der Waals surface area (Å²) in [6.45, 7) is 3.23. The van der Waals surface area contributed by atoms with Crippen LogP contribution in [0.4, 0.5) is 11.4 Å². The average molecular weight is 448 g/mol. The Morgan fingerprint density at radius 3 is 1.90 bits per heavy atom. The Kier molecular flexibility index (Phi) is 7.40. The van der Waals surface area contributed by atoms with Crippen molar-refractivity contribution < 1.29 is 32.3 Å². The van der Waals surface area contributed by atoms with Gasteiger partial charge in [0, 0.05) is 5.69 Å². The molecule has 9 nitrogen and oxygen atoms in total. The first kappa shape index (κ1) is 23.9. The highest BCUT2D eigenvalue weighted by molar-refractivity contribution is 7.92. The van der Waals surface area contributed by atoms with E-state index in [1.54, 1.807) is 18.2 Å². The van der Waals surface area contributed by atoms with E-state index >= 15 is 0 Å². The second-order valence-electron chi connectivity index (χ2n) is 6.87. The lowest BCUT2D eigenvalue weighted by molar-refractivity contribution is -0.114. The summed E-state index contributed by atoms with van der Waals surface area (Å²) in [6, 6.07) is 8.96. The van der Waals surface area contributed by atoms with Gasteiger partial charge in [-0.2, -0.15) is 0 Å². The van der Waals surface area contributed by atoms with Gasteiger partial charge in [0.1, 0.15) is 6.54 Å². The van der Waals surface area contributed by atoms with Crippen molar-refractivity contribution >= 4 is 39.2 Å². The van der Waals surface area contributed by atoms with Crippen molar-refractivity contribution in [3.05, 3.63) is 58.7 Å². The molecule has 0 aromatic heterocycles. The Morgan fingerprint density at radius 2 is 1.45 bits per heavy atom. The summed E-state index contributed by atoms with van der Waals surface area (Å²) in [4.78, 5) is 36.4. The van der Waals surface area contributed by atoms with Crippen molar-refractivity contribution in [1.29, 1.82) is 0 Å². The smallest absolute Gasteiger partial charge is 0.337 e. The van der Waals surface area contributed by atoms with Crippen molar-refractivity contribution in [3.8, 4) is 0 Å². The standard InChI is InChI=1S/C21H24N2O7S/c1-13-6-7-18(8-14(13)2)23(31(5,27)28)12-19(24)22-17-10-15(20(25)29-3)9-16(11-17)21(26)30-4/h6-11H,12H2,1-5H3,(H,22,24). The van der Waals surface area contributed by atoms with Crippen molar-refractivity contribution in [1.82, 2.24) is 0 Å². The fourth-order valence-electron chi connectivity index (χ4n) is 2.78. The average Bonchev–Trinajstić information content (AvgIpc) is 2.71. The molecular weight excluding hydrogens is 424 g/mol. The Balaban J connectivity index is 2.35. The van der Waals surface area contributed by atoms with Gasteiger partial charge in [-0.25, -0.2) is 18.0 Å². The van der Waals surface area contributed by atoms with E-state index in [9.17, 15) is 22.8 Å². The number of hydrogen-bond donors (Lipinski definition) is 1. The Hall–Kier alpha value is -3.40. The lowest BCUT2D eigenvalue weighted by atomic mass is 10.1. The minimum absolute atomic E-state index is 0.0230. The van der Waals surface area contributed by atoms with Gasteiger partial charge in [0.15, 0.2) is 0 Å². The zero-order chi connectivity index (χ0) is 23.3. The molecule has 0 heterocycles. The molecule has 2 aromatic rings. The number of methoxy groups -OCH3 is 2. The molecule has 166 valence electrons. The normalized spacial score (nSPS) is 10.9. The Bertz CT molecular complexity index is 1090. The maximum Gasteiger partial charge on any atom is 0.337 e. The first-order valence-corrected chi connectivity index (χ1v) is 11.0. The molecule has 1 N–H and O–H groups in total. The van der Waals surface area contributed by atoms with Gasteiger partial charge >= 0.3 is 11.9 Å². The molecule has 0 saturated heterocycles. The number of nitrogens with zero attached hydrogens (tertiary/aromatic N) is 1. The van der Waals surface area contributed by atoms with Gasteiger partial charge in [-0.1, -0.05) is 6.07 Å². The lowest BCUT2D eigenvalue weighted by Gasteiger charge is -2.22. The summed E-state index contributed by atoms with van der Waals surface area (Å²) in [5.74, 6) is -2.09. The van der Waals surface area contributed by atoms with Crippen LogP contribution in [0.5, 0.6) is 0 Å². The van der Waals surface area contributed by atoms with Crippen LogP contribution in [0, 0.1) is 13.8 Å². The molecule has 0 aliphatic rings. The van der Waals surface area contributed by atoms with E-state index in [-0.39, 0.29) is 16.8 Å². The number of anilines is 2. The molecular formula is C21H24N2O7S. The number of esters is 2. The van der Waals surface area contributed by atoms with Crippen LogP contribution in [0.1, 0.15) is 31.8 Å². The summed E-state index contributed by atoms with van der Waals surface area (Å²) in [5, 5.41) is 2.52. The van der Waals surface area contributed by atoms with Crippen LogP contribution in [-0.4, -0.2) is 53.3 Å². The number of nitrogens with one attached hydrogen (secondary N) is 1. The molecule has 2 aromatic carbocycles. The number of carbonyl (C=O) groups excluding carboxylic acids is 3. The fraction of sp³-hybridized carbons (Fsp3) is 0.286. The summed E-state index contributed by atoms with van der Waals surface area (Å²) in [7, 11) is -1.40. The maximum atomic E-state index is 12.6. The van der Waals surface area contributed by atoms with Gasteiger partial charge in [-0.3, -0.25) is 9.10 Å². The Labute approximate surface area is 181 Å². The monoisotopic (exact) mass is 448 g/mol. The third kappa shape index (κ3) is 6.05. The van der Waals surface area contributed by atoms with Crippen molar-refractivity contribution in [3.63, 3.8) is 0 Å². The molecule has 0 aliphatic heterocycles. The number of rotatable bonds is 7. The molecule has 0 bridgehead atoms. The van der Waals surface area contributed by atoms with Crippen LogP contribution in [0.3, 0.4) is 0 Å². The van der Waals surface area contributed by atoms with Crippen LogP contribution >= 0.6 is 0 Å². The van der Waals surface area contributed by atoms with Crippen LogP contribution in [-0.2, 0) is 24.3 Å².